The van der Waals surface area contributed by atoms with Crippen LogP contribution in [-0.4, -0.2) is 21.9 Å². The van der Waals surface area contributed by atoms with Gasteiger partial charge in [-0.3, -0.25) is 0 Å². The molecule has 1 aromatic carbocycles. The molecule has 0 unspecified atom stereocenters. The number of phenolic OH excluding ortho intramolecular Hbond substituents is 3. The molecule has 0 heterocycles. The quantitative estimate of drug-likeness (QED) is 0.631. The van der Waals surface area contributed by atoms with E-state index >= 15 is 0 Å². The van der Waals surface area contributed by atoms with E-state index in [1.165, 1.54) is 6.07 Å². The number of phenols is 3. The van der Waals surface area contributed by atoms with Crippen LogP contribution in [0.5, 0.6) is 17.2 Å². The first-order valence-corrected chi connectivity index (χ1v) is 6.63. The predicted molar refractivity (Wildman–Crippen MR) is 74.2 cm³/mol. The van der Waals surface area contributed by atoms with E-state index in [-0.39, 0.29) is 11.5 Å². The van der Waals surface area contributed by atoms with Gasteiger partial charge < -0.3 is 20.6 Å². The molecule has 106 valence electrons. The first-order chi connectivity index (χ1) is 8.69. The van der Waals surface area contributed by atoms with Gasteiger partial charge in [-0.05, 0) is 29.4 Å². The Morgan fingerprint density at radius 2 is 1.58 bits per heavy atom. The minimum absolute atomic E-state index is 0.248. The molecule has 4 N–H and O–H groups in total. The third kappa shape index (κ3) is 2.14. The lowest BCUT2D eigenvalue weighted by atomic mass is 10.0. The van der Waals surface area contributed by atoms with Crippen LogP contribution >= 0.6 is 0 Å². The Hall–Kier alpha value is -1.42. The topological polar surface area (TPSA) is 72.7 Å². The van der Waals surface area contributed by atoms with Crippen LogP contribution < -0.4 is 5.32 Å². The van der Waals surface area contributed by atoms with Gasteiger partial charge in [0.05, 0.1) is 0 Å². The molecule has 19 heavy (non-hydrogen) atoms. The zero-order chi connectivity index (χ0) is 14.4. The maximum atomic E-state index is 9.71. The molecule has 1 aliphatic rings. The van der Waals surface area contributed by atoms with Gasteiger partial charge in [0, 0.05) is 12.1 Å². The van der Waals surface area contributed by atoms with Gasteiger partial charge in [0.1, 0.15) is 0 Å². The van der Waals surface area contributed by atoms with E-state index in [0.29, 0.717) is 28.9 Å². The van der Waals surface area contributed by atoms with Gasteiger partial charge in [-0.25, -0.2) is 0 Å². The number of aromatic hydroxyl groups is 3. The molecule has 0 bridgehead atoms. The summed E-state index contributed by atoms with van der Waals surface area (Å²) in [6.07, 6.45) is 0. The van der Waals surface area contributed by atoms with Crippen molar-refractivity contribution in [1.29, 1.82) is 0 Å². The van der Waals surface area contributed by atoms with Crippen molar-refractivity contribution in [3.63, 3.8) is 0 Å². The average molecular weight is 265 g/mol. The third-order valence-electron chi connectivity index (χ3n) is 5.20. The van der Waals surface area contributed by atoms with E-state index in [0.717, 1.165) is 6.54 Å². The molecular weight excluding hydrogens is 242 g/mol. The largest absolute Gasteiger partial charge is 0.504 e. The van der Waals surface area contributed by atoms with Crippen LogP contribution in [0.25, 0.3) is 0 Å². The van der Waals surface area contributed by atoms with Crippen LogP contribution in [0.4, 0.5) is 0 Å². The molecule has 0 amide bonds. The molecule has 2 rings (SSSR count). The second kappa shape index (κ2) is 4.30. The summed E-state index contributed by atoms with van der Waals surface area (Å²) in [5, 5.41) is 31.7. The van der Waals surface area contributed by atoms with Crippen molar-refractivity contribution in [3.05, 3.63) is 17.7 Å². The lowest BCUT2D eigenvalue weighted by molar-refractivity contribution is 0.363. The molecule has 1 aliphatic carbocycles. The number of hydrogen-bond donors (Lipinski definition) is 4. The van der Waals surface area contributed by atoms with E-state index in [2.05, 4.69) is 33.0 Å². The summed E-state index contributed by atoms with van der Waals surface area (Å²) in [7, 11) is 0. The highest BCUT2D eigenvalue weighted by Gasteiger charge is 2.63. The molecule has 4 heteroatoms. The Bertz CT molecular complexity index is 480. The molecule has 0 aromatic heterocycles. The second-order valence-corrected chi connectivity index (χ2v) is 6.57. The van der Waals surface area contributed by atoms with Crippen molar-refractivity contribution in [2.75, 3.05) is 6.54 Å². The van der Waals surface area contributed by atoms with Crippen LogP contribution in [0, 0.1) is 16.7 Å². The molecule has 0 atom stereocenters. The van der Waals surface area contributed by atoms with Gasteiger partial charge in [0.2, 0.25) is 5.75 Å². The third-order valence-corrected chi connectivity index (χ3v) is 5.20. The van der Waals surface area contributed by atoms with Gasteiger partial charge in [0.25, 0.3) is 0 Å². The van der Waals surface area contributed by atoms with Crippen molar-refractivity contribution in [2.45, 2.75) is 34.2 Å². The Morgan fingerprint density at radius 1 is 1.00 bits per heavy atom. The van der Waals surface area contributed by atoms with E-state index in [9.17, 15) is 15.3 Å². The highest BCUT2D eigenvalue weighted by molar-refractivity contribution is 5.53. The zero-order valence-electron chi connectivity index (χ0n) is 12.0. The smallest absolute Gasteiger partial charge is 0.200 e. The van der Waals surface area contributed by atoms with Crippen LogP contribution in [-0.2, 0) is 6.54 Å². The minimum Gasteiger partial charge on any atom is -0.504 e. The lowest BCUT2D eigenvalue weighted by Gasteiger charge is -2.09. The average Bonchev–Trinajstić information content (AvgIpc) is 2.71. The van der Waals surface area contributed by atoms with Crippen molar-refractivity contribution in [1.82, 2.24) is 5.32 Å². The summed E-state index contributed by atoms with van der Waals surface area (Å²) >= 11 is 0. The molecule has 4 nitrogen and oxygen atoms in total. The molecule has 1 saturated carbocycles. The molecule has 0 saturated heterocycles. The first-order valence-electron chi connectivity index (χ1n) is 6.63. The Kier molecular flexibility index (Phi) is 3.17. The van der Waals surface area contributed by atoms with Gasteiger partial charge in [0.15, 0.2) is 11.5 Å². The summed E-state index contributed by atoms with van der Waals surface area (Å²) in [5.74, 6) is -0.397. The van der Waals surface area contributed by atoms with E-state index in [1.54, 1.807) is 6.07 Å². The first kappa shape index (κ1) is 14.0. The summed E-state index contributed by atoms with van der Waals surface area (Å²) < 4.78 is 0. The van der Waals surface area contributed by atoms with Crippen molar-refractivity contribution in [3.8, 4) is 17.2 Å². The van der Waals surface area contributed by atoms with Crippen molar-refractivity contribution in [2.24, 2.45) is 16.7 Å². The Balaban J connectivity index is 1.93. The summed E-state index contributed by atoms with van der Waals surface area (Å²) in [4.78, 5) is 0. The van der Waals surface area contributed by atoms with Gasteiger partial charge in [-0.15, -0.1) is 0 Å². The molecule has 1 aromatic rings. The van der Waals surface area contributed by atoms with E-state index < -0.39 is 5.75 Å². The zero-order valence-corrected chi connectivity index (χ0v) is 12.0. The molecule has 0 radical (unpaired) electrons. The SMILES string of the molecule is CC1(C)C(CNCc2ccc(O)c(O)c2O)C1(C)C. The molecule has 0 spiro atoms. The molecule has 1 fully saturated rings. The lowest BCUT2D eigenvalue weighted by Crippen LogP contribution is -2.18. The number of hydrogen-bond acceptors (Lipinski definition) is 4. The summed E-state index contributed by atoms with van der Waals surface area (Å²) in [6.45, 7) is 10.4. The second-order valence-electron chi connectivity index (χ2n) is 6.57. The normalized spacial score (nSPS) is 20.4. The fourth-order valence-electron chi connectivity index (χ4n) is 2.95. The summed E-state index contributed by atoms with van der Waals surface area (Å²) in [6, 6.07) is 3.00. The minimum atomic E-state index is -0.452. The fraction of sp³-hybridized carbons (Fsp3) is 0.600. The number of rotatable bonds is 4. The maximum Gasteiger partial charge on any atom is 0.200 e. The van der Waals surface area contributed by atoms with Crippen molar-refractivity contribution < 1.29 is 15.3 Å². The summed E-state index contributed by atoms with van der Waals surface area (Å²) in [5.41, 5.74) is 1.25. The number of benzene rings is 1. The predicted octanol–water partition coefficient (Wildman–Crippen LogP) is 2.58. The molecule has 0 aliphatic heterocycles. The van der Waals surface area contributed by atoms with Crippen LogP contribution in [0.15, 0.2) is 12.1 Å². The van der Waals surface area contributed by atoms with Crippen LogP contribution in [0.3, 0.4) is 0 Å². The molecular formula is C15H23NO3. The highest BCUT2D eigenvalue weighted by atomic mass is 16.3. The Labute approximate surface area is 114 Å². The monoisotopic (exact) mass is 265 g/mol. The standard InChI is InChI=1S/C15H23NO3/c1-14(2)11(15(14,3)4)8-16-7-9-5-6-10(17)13(19)12(9)18/h5-6,11,16-19H,7-8H2,1-4H3. The Morgan fingerprint density at radius 3 is 2.11 bits per heavy atom. The fourth-order valence-corrected chi connectivity index (χ4v) is 2.95. The van der Waals surface area contributed by atoms with Crippen molar-refractivity contribution >= 4 is 0 Å². The van der Waals surface area contributed by atoms with Crippen LogP contribution in [0.2, 0.25) is 0 Å². The van der Waals surface area contributed by atoms with Crippen LogP contribution in [0.1, 0.15) is 33.3 Å². The van der Waals surface area contributed by atoms with E-state index in [4.69, 9.17) is 0 Å². The number of nitrogens with one attached hydrogen (secondary N) is 1. The van der Waals surface area contributed by atoms with Gasteiger partial charge >= 0.3 is 0 Å². The van der Waals surface area contributed by atoms with E-state index in [1.807, 2.05) is 0 Å². The maximum absolute atomic E-state index is 9.71. The van der Waals surface area contributed by atoms with Gasteiger partial charge in [-0.2, -0.15) is 0 Å². The van der Waals surface area contributed by atoms with Gasteiger partial charge in [-0.1, -0.05) is 33.8 Å². The highest BCUT2D eigenvalue weighted by Crippen LogP contribution is 2.67.